The first-order valence-corrected chi connectivity index (χ1v) is 11.0. The Morgan fingerprint density at radius 3 is 2.32 bits per heavy atom. The van der Waals surface area contributed by atoms with Crippen molar-refractivity contribution in [2.24, 2.45) is 0 Å². The Morgan fingerprint density at radius 1 is 1.18 bits per heavy atom. The van der Waals surface area contributed by atoms with E-state index < -0.39 is 20.5 Å². The van der Waals surface area contributed by atoms with Crippen LogP contribution in [-0.4, -0.2) is 35.1 Å². The zero-order chi connectivity index (χ0) is 20.9. The third-order valence-electron chi connectivity index (χ3n) is 5.05. The fraction of sp³-hybridized carbons (Fsp3) is 0.400. The molecule has 152 valence electrons. The molecule has 0 bridgehead atoms. The normalized spacial score (nSPS) is 13.7. The number of nitrogens with one attached hydrogen (secondary N) is 1. The highest BCUT2D eigenvalue weighted by Crippen LogP contribution is 2.23. The van der Waals surface area contributed by atoms with Crippen molar-refractivity contribution < 1.29 is 18.4 Å². The Balaban J connectivity index is 2.22. The molecule has 1 atom stereocenters. The number of amides is 1. The molecule has 1 heterocycles. The highest BCUT2D eigenvalue weighted by Gasteiger charge is 2.43. The number of carbonyl (C=O) groups is 1. The third kappa shape index (κ3) is 4.69. The molecule has 28 heavy (non-hydrogen) atoms. The molecule has 1 amide bonds. The van der Waals surface area contributed by atoms with E-state index in [1.165, 1.54) is 28.6 Å². The molecule has 0 aliphatic heterocycles. The fourth-order valence-corrected chi connectivity index (χ4v) is 3.79. The van der Waals surface area contributed by atoms with Crippen molar-refractivity contribution in [3.8, 4) is 11.1 Å². The second-order valence-electron chi connectivity index (χ2n) is 7.09. The van der Waals surface area contributed by atoms with Gasteiger partial charge in [-0.15, -0.1) is 0 Å². The zero-order valence-electron chi connectivity index (χ0n) is 16.3. The number of hydrogen-bond acceptors (Lipinski definition) is 5. The van der Waals surface area contributed by atoms with E-state index in [2.05, 4.69) is 6.92 Å². The highest BCUT2D eigenvalue weighted by atomic mass is 32.2. The topological polar surface area (TPSA) is 105 Å². The second-order valence-corrected chi connectivity index (χ2v) is 9.53. The van der Waals surface area contributed by atoms with Gasteiger partial charge in [0.1, 0.15) is 0 Å². The molecule has 0 spiro atoms. The van der Waals surface area contributed by atoms with Gasteiger partial charge in [0.25, 0.3) is 11.5 Å². The van der Waals surface area contributed by atoms with Gasteiger partial charge >= 0.3 is 0 Å². The predicted octanol–water partition coefficient (Wildman–Crippen LogP) is 2.17. The SMILES string of the molecule is CCCc1ccc(-c2ccn(CC[C@](C)(C(=O)NO)S(C)(=O)=O)c(=O)c2)cc1. The van der Waals surface area contributed by atoms with Gasteiger partial charge in [-0.25, -0.2) is 13.9 Å². The average molecular weight is 407 g/mol. The summed E-state index contributed by atoms with van der Waals surface area (Å²) >= 11 is 0. The third-order valence-corrected chi connectivity index (χ3v) is 7.08. The second kappa shape index (κ2) is 8.70. The first kappa shape index (κ1) is 21.8. The number of pyridine rings is 1. The summed E-state index contributed by atoms with van der Waals surface area (Å²) in [6.45, 7) is 3.36. The summed E-state index contributed by atoms with van der Waals surface area (Å²) in [5.41, 5.74) is 4.03. The maximum atomic E-state index is 12.5. The molecule has 0 radical (unpaired) electrons. The van der Waals surface area contributed by atoms with Crippen LogP contribution in [0.5, 0.6) is 0 Å². The van der Waals surface area contributed by atoms with Crippen molar-refractivity contribution in [3.63, 3.8) is 0 Å². The molecule has 1 aromatic heterocycles. The van der Waals surface area contributed by atoms with Crippen LogP contribution in [0, 0.1) is 0 Å². The van der Waals surface area contributed by atoms with Crippen molar-refractivity contribution >= 4 is 15.7 Å². The van der Waals surface area contributed by atoms with E-state index in [1.807, 2.05) is 24.3 Å². The monoisotopic (exact) mass is 406 g/mol. The van der Waals surface area contributed by atoms with Crippen molar-refractivity contribution in [2.75, 3.05) is 6.26 Å². The molecular weight excluding hydrogens is 380 g/mol. The van der Waals surface area contributed by atoms with E-state index in [4.69, 9.17) is 5.21 Å². The van der Waals surface area contributed by atoms with Crippen molar-refractivity contribution in [1.82, 2.24) is 10.0 Å². The molecule has 0 saturated carbocycles. The Bertz CT molecular complexity index is 996. The van der Waals surface area contributed by atoms with Crippen LogP contribution >= 0.6 is 0 Å². The number of aryl methyl sites for hydroxylation is 2. The van der Waals surface area contributed by atoms with Crippen LogP contribution in [0.25, 0.3) is 11.1 Å². The van der Waals surface area contributed by atoms with Crippen molar-refractivity contribution in [2.45, 2.75) is 44.4 Å². The number of aromatic nitrogens is 1. The zero-order valence-corrected chi connectivity index (χ0v) is 17.1. The smallest absolute Gasteiger partial charge is 0.264 e. The largest absolute Gasteiger partial charge is 0.315 e. The number of benzene rings is 1. The Morgan fingerprint density at radius 2 is 1.82 bits per heavy atom. The van der Waals surface area contributed by atoms with Gasteiger partial charge in [-0.1, -0.05) is 37.6 Å². The van der Waals surface area contributed by atoms with Crippen LogP contribution in [0.15, 0.2) is 47.4 Å². The van der Waals surface area contributed by atoms with Gasteiger partial charge in [-0.3, -0.25) is 14.8 Å². The molecular formula is C20H26N2O5S. The summed E-state index contributed by atoms with van der Waals surface area (Å²) < 4.78 is 23.5. The summed E-state index contributed by atoms with van der Waals surface area (Å²) in [5.74, 6) is -1.02. The maximum Gasteiger partial charge on any atom is 0.264 e. The summed E-state index contributed by atoms with van der Waals surface area (Å²) in [6, 6.07) is 11.3. The van der Waals surface area contributed by atoms with Crippen LogP contribution in [0.4, 0.5) is 0 Å². The van der Waals surface area contributed by atoms with Gasteiger partial charge in [0.2, 0.25) is 0 Å². The molecule has 1 aromatic carbocycles. The van der Waals surface area contributed by atoms with E-state index in [-0.39, 0.29) is 18.5 Å². The van der Waals surface area contributed by atoms with Crippen LogP contribution < -0.4 is 11.0 Å². The number of sulfone groups is 1. The first-order valence-electron chi connectivity index (χ1n) is 9.06. The Labute approximate surface area is 164 Å². The molecule has 0 aliphatic carbocycles. The van der Waals surface area contributed by atoms with Crippen LogP contribution in [0.2, 0.25) is 0 Å². The van der Waals surface area contributed by atoms with Gasteiger partial charge < -0.3 is 4.57 Å². The molecule has 2 rings (SSSR count). The number of hydrogen-bond donors (Lipinski definition) is 2. The van der Waals surface area contributed by atoms with Gasteiger partial charge in [-0.05, 0) is 42.5 Å². The molecule has 0 unspecified atom stereocenters. The number of rotatable bonds is 8. The quantitative estimate of drug-likeness (QED) is 0.516. The molecule has 2 N–H and O–H groups in total. The summed E-state index contributed by atoms with van der Waals surface area (Å²) in [7, 11) is -3.81. The lowest BCUT2D eigenvalue weighted by atomic mass is 10.0. The minimum absolute atomic E-state index is 0.0194. The predicted molar refractivity (Wildman–Crippen MR) is 108 cm³/mol. The lowest BCUT2D eigenvalue weighted by Gasteiger charge is -2.25. The molecule has 2 aromatic rings. The van der Waals surface area contributed by atoms with Gasteiger partial charge in [0.05, 0.1) is 0 Å². The summed E-state index contributed by atoms with van der Waals surface area (Å²) in [6.07, 6.45) is 4.43. The van der Waals surface area contributed by atoms with Crippen LogP contribution in [0.3, 0.4) is 0 Å². The lowest BCUT2D eigenvalue weighted by Crippen LogP contribution is -2.49. The van der Waals surface area contributed by atoms with Crippen molar-refractivity contribution in [1.29, 1.82) is 0 Å². The van der Waals surface area contributed by atoms with E-state index in [0.29, 0.717) is 0 Å². The fourth-order valence-electron chi connectivity index (χ4n) is 2.94. The molecule has 7 nitrogen and oxygen atoms in total. The molecule has 0 saturated heterocycles. The Kier molecular flexibility index (Phi) is 6.79. The summed E-state index contributed by atoms with van der Waals surface area (Å²) in [4.78, 5) is 24.3. The van der Waals surface area contributed by atoms with Crippen molar-refractivity contribution in [3.05, 3.63) is 58.5 Å². The standard InChI is InChI=1S/C20H26N2O5S/c1-4-5-15-6-8-16(9-7-15)17-10-12-22(18(23)14-17)13-11-20(2,19(24)21-25)28(3,26)27/h6-10,12,14,25H,4-5,11,13H2,1-3H3,(H,21,24)/t20-/m1/s1. The van der Waals surface area contributed by atoms with Gasteiger partial charge in [0, 0.05) is 25.1 Å². The highest BCUT2D eigenvalue weighted by molar-refractivity contribution is 7.92. The van der Waals surface area contributed by atoms with Crippen LogP contribution in [0.1, 0.15) is 32.3 Å². The Hall–Kier alpha value is -2.45. The first-order chi connectivity index (χ1) is 13.1. The van der Waals surface area contributed by atoms with E-state index >= 15 is 0 Å². The minimum Gasteiger partial charge on any atom is -0.315 e. The summed E-state index contributed by atoms with van der Waals surface area (Å²) in [5, 5.41) is 8.87. The maximum absolute atomic E-state index is 12.5. The number of hydroxylamine groups is 1. The van der Waals surface area contributed by atoms with Gasteiger partial charge in [-0.2, -0.15) is 0 Å². The van der Waals surface area contributed by atoms with Crippen LogP contribution in [-0.2, 0) is 27.6 Å². The van der Waals surface area contributed by atoms with E-state index in [9.17, 15) is 18.0 Å². The van der Waals surface area contributed by atoms with E-state index in [0.717, 1.165) is 30.2 Å². The molecule has 0 fully saturated rings. The van der Waals surface area contributed by atoms with E-state index in [1.54, 1.807) is 12.3 Å². The van der Waals surface area contributed by atoms with Gasteiger partial charge in [0.15, 0.2) is 14.6 Å². The number of nitrogens with zero attached hydrogens (tertiary/aromatic N) is 1. The number of carbonyl (C=O) groups excluding carboxylic acids is 1. The lowest BCUT2D eigenvalue weighted by molar-refractivity contribution is -0.131. The minimum atomic E-state index is -3.81. The molecule has 0 aliphatic rings. The molecule has 8 heteroatoms. The average Bonchev–Trinajstić information content (AvgIpc) is 2.66.